The Morgan fingerprint density at radius 3 is 2.57 bits per heavy atom. The first kappa shape index (κ1) is 19.7. The highest BCUT2D eigenvalue weighted by Gasteiger charge is 2.12. The van der Waals surface area contributed by atoms with E-state index < -0.39 is 0 Å². The van der Waals surface area contributed by atoms with Crippen LogP contribution < -0.4 is 10.6 Å². The standard InChI is InChI=1S/C16H21BrN4O.ClH/c1-3-8-18-9-10-19-16(22)15-11-12(2)21(20-15)14-6-4-13(17)5-7-14;/h4-7,11,18H,3,8-10H2,1-2H3,(H,19,22);1H. The number of amides is 1. The lowest BCUT2D eigenvalue weighted by Crippen LogP contribution is -2.32. The van der Waals surface area contributed by atoms with Crippen LogP contribution in [0.4, 0.5) is 0 Å². The van der Waals surface area contributed by atoms with Gasteiger partial charge in [0.15, 0.2) is 5.69 Å². The molecule has 7 heteroatoms. The van der Waals surface area contributed by atoms with E-state index in [0.717, 1.165) is 35.4 Å². The summed E-state index contributed by atoms with van der Waals surface area (Å²) in [7, 11) is 0. The first-order valence-electron chi connectivity index (χ1n) is 7.43. The van der Waals surface area contributed by atoms with Gasteiger partial charge >= 0.3 is 0 Å². The van der Waals surface area contributed by atoms with Crippen LogP contribution in [0.3, 0.4) is 0 Å². The smallest absolute Gasteiger partial charge is 0.271 e. The van der Waals surface area contributed by atoms with E-state index >= 15 is 0 Å². The quantitative estimate of drug-likeness (QED) is 0.701. The minimum absolute atomic E-state index is 0. The van der Waals surface area contributed by atoms with Crippen molar-refractivity contribution in [2.75, 3.05) is 19.6 Å². The number of carbonyl (C=O) groups excluding carboxylic acids is 1. The van der Waals surface area contributed by atoms with Crippen molar-refractivity contribution >= 4 is 34.2 Å². The van der Waals surface area contributed by atoms with E-state index in [0.29, 0.717) is 12.2 Å². The van der Waals surface area contributed by atoms with Crippen molar-refractivity contribution in [1.82, 2.24) is 20.4 Å². The van der Waals surface area contributed by atoms with E-state index in [2.05, 4.69) is 38.6 Å². The van der Waals surface area contributed by atoms with Crippen LogP contribution in [0.1, 0.15) is 29.5 Å². The molecule has 1 aromatic carbocycles. The Hall–Kier alpha value is -1.37. The number of nitrogens with one attached hydrogen (secondary N) is 2. The Morgan fingerprint density at radius 2 is 1.91 bits per heavy atom. The van der Waals surface area contributed by atoms with Crippen molar-refractivity contribution in [2.24, 2.45) is 0 Å². The molecule has 1 aromatic heterocycles. The number of hydrogen-bond acceptors (Lipinski definition) is 3. The van der Waals surface area contributed by atoms with Gasteiger partial charge in [0.05, 0.1) is 5.69 Å². The second-order valence-corrected chi connectivity index (χ2v) is 5.98. The summed E-state index contributed by atoms with van der Waals surface area (Å²) < 4.78 is 2.79. The minimum atomic E-state index is -0.141. The highest BCUT2D eigenvalue weighted by atomic mass is 79.9. The minimum Gasteiger partial charge on any atom is -0.349 e. The predicted octanol–water partition coefficient (Wildman–Crippen LogP) is 3.09. The molecule has 0 unspecified atom stereocenters. The first-order chi connectivity index (χ1) is 10.6. The number of halogens is 2. The number of carbonyl (C=O) groups is 1. The maximum Gasteiger partial charge on any atom is 0.271 e. The normalized spacial score (nSPS) is 10.2. The summed E-state index contributed by atoms with van der Waals surface area (Å²) in [6.45, 7) is 6.39. The van der Waals surface area contributed by atoms with Crippen LogP contribution in [-0.4, -0.2) is 35.3 Å². The summed E-state index contributed by atoms with van der Waals surface area (Å²) in [6, 6.07) is 9.63. The van der Waals surface area contributed by atoms with Gasteiger partial charge < -0.3 is 10.6 Å². The third-order valence-electron chi connectivity index (χ3n) is 3.21. The fourth-order valence-corrected chi connectivity index (χ4v) is 2.35. The lowest BCUT2D eigenvalue weighted by atomic mass is 10.3. The fourth-order valence-electron chi connectivity index (χ4n) is 2.09. The van der Waals surface area contributed by atoms with E-state index in [9.17, 15) is 4.79 Å². The molecule has 0 aliphatic heterocycles. The van der Waals surface area contributed by atoms with Crippen molar-refractivity contribution < 1.29 is 4.79 Å². The molecule has 0 atom stereocenters. The monoisotopic (exact) mass is 400 g/mol. The average molecular weight is 402 g/mol. The zero-order chi connectivity index (χ0) is 15.9. The molecule has 0 radical (unpaired) electrons. The number of aryl methyl sites for hydroxylation is 1. The van der Waals surface area contributed by atoms with Gasteiger partial charge in [-0.2, -0.15) is 5.10 Å². The van der Waals surface area contributed by atoms with Gasteiger partial charge in [-0.25, -0.2) is 4.68 Å². The zero-order valence-electron chi connectivity index (χ0n) is 13.3. The maximum absolute atomic E-state index is 12.1. The van der Waals surface area contributed by atoms with E-state index in [-0.39, 0.29) is 18.3 Å². The molecule has 2 N–H and O–H groups in total. The van der Waals surface area contributed by atoms with Crippen molar-refractivity contribution in [3.05, 3.63) is 46.2 Å². The summed E-state index contributed by atoms with van der Waals surface area (Å²) in [5.41, 5.74) is 2.30. The van der Waals surface area contributed by atoms with Crippen LogP contribution in [0.5, 0.6) is 0 Å². The highest BCUT2D eigenvalue weighted by molar-refractivity contribution is 9.10. The molecule has 1 heterocycles. The second-order valence-electron chi connectivity index (χ2n) is 5.07. The van der Waals surface area contributed by atoms with Gasteiger partial charge in [-0.15, -0.1) is 12.4 Å². The number of hydrogen-bond donors (Lipinski definition) is 2. The molecule has 126 valence electrons. The van der Waals surface area contributed by atoms with Gasteiger partial charge in [0.2, 0.25) is 0 Å². The van der Waals surface area contributed by atoms with Gasteiger partial charge in [-0.1, -0.05) is 22.9 Å². The summed E-state index contributed by atoms with van der Waals surface area (Å²) in [6.07, 6.45) is 1.09. The molecule has 2 aromatic rings. The van der Waals surface area contributed by atoms with Gasteiger partial charge in [-0.05, 0) is 50.2 Å². The molecule has 0 spiro atoms. The van der Waals surface area contributed by atoms with Crippen LogP contribution in [0, 0.1) is 6.92 Å². The zero-order valence-corrected chi connectivity index (χ0v) is 15.7. The van der Waals surface area contributed by atoms with Crippen LogP contribution in [0.2, 0.25) is 0 Å². The van der Waals surface area contributed by atoms with E-state index in [1.165, 1.54) is 0 Å². The molecule has 1 amide bonds. The van der Waals surface area contributed by atoms with Gasteiger partial charge in [0, 0.05) is 23.3 Å². The molecular formula is C16H22BrClN4O. The SMILES string of the molecule is CCCNCCNC(=O)c1cc(C)n(-c2ccc(Br)cc2)n1.Cl. The van der Waals surface area contributed by atoms with Crippen molar-refractivity contribution in [3.8, 4) is 5.69 Å². The number of rotatable bonds is 7. The molecule has 23 heavy (non-hydrogen) atoms. The molecule has 0 saturated heterocycles. The largest absolute Gasteiger partial charge is 0.349 e. The summed E-state index contributed by atoms with van der Waals surface area (Å²) in [5.74, 6) is -0.141. The number of nitrogens with zero attached hydrogens (tertiary/aromatic N) is 2. The third kappa shape index (κ3) is 5.64. The predicted molar refractivity (Wildman–Crippen MR) is 98.7 cm³/mol. The number of aromatic nitrogens is 2. The maximum atomic E-state index is 12.1. The molecule has 0 aliphatic carbocycles. The molecular weight excluding hydrogens is 380 g/mol. The first-order valence-corrected chi connectivity index (χ1v) is 8.22. The molecule has 5 nitrogen and oxygen atoms in total. The fraction of sp³-hybridized carbons (Fsp3) is 0.375. The number of benzene rings is 1. The third-order valence-corrected chi connectivity index (χ3v) is 3.73. The Bertz CT molecular complexity index is 628. The Morgan fingerprint density at radius 1 is 1.22 bits per heavy atom. The van der Waals surface area contributed by atoms with Gasteiger partial charge in [-0.3, -0.25) is 4.79 Å². The van der Waals surface area contributed by atoms with Crippen LogP contribution in [-0.2, 0) is 0 Å². The Balaban J connectivity index is 0.00000264. The molecule has 2 rings (SSSR count). The van der Waals surface area contributed by atoms with E-state index in [1.807, 2.05) is 31.2 Å². The van der Waals surface area contributed by atoms with Crippen LogP contribution >= 0.6 is 28.3 Å². The van der Waals surface area contributed by atoms with Crippen molar-refractivity contribution in [1.29, 1.82) is 0 Å². The summed E-state index contributed by atoms with van der Waals surface area (Å²) in [4.78, 5) is 12.1. The molecule has 0 saturated carbocycles. The average Bonchev–Trinajstić information content (AvgIpc) is 2.90. The van der Waals surface area contributed by atoms with E-state index in [1.54, 1.807) is 10.7 Å². The second kappa shape index (κ2) is 9.70. The molecule has 0 fully saturated rings. The highest BCUT2D eigenvalue weighted by Crippen LogP contribution is 2.16. The van der Waals surface area contributed by atoms with Gasteiger partial charge in [0.25, 0.3) is 5.91 Å². The molecule has 0 aliphatic rings. The van der Waals surface area contributed by atoms with Crippen molar-refractivity contribution in [3.63, 3.8) is 0 Å². The topological polar surface area (TPSA) is 58.9 Å². The summed E-state index contributed by atoms with van der Waals surface area (Å²) in [5, 5.41) is 10.5. The lowest BCUT2D eigenvalue weighted by Gasteiger charge is -2.05. The van der Waals surface area contributed by atoms with Crippen molar-refractivity contribution in [2.45, 2.75) is 20.3 Å². The Kier molecular flexibility index (Phi) is 8.30. The van der Waals surface area contributed by atoms with E-state index in [4.69, 9.17) is 0 Å². The van der Waals surface area contributed by atoms with Gasteiger partial charge in [0.1, 0.15) is 0 Å². The Labute approximate surface area is 151 Å². The molecule has 0 bridgehead atoms. The summed E-state index contributed by atoms with van der Waals surface area (Å²) >= 11 is 3.41. The lowest BCUT2D eigenvalue weighted by molar-refractivity contribution is 0.0948. The van der Waals surface area contributed by atoms with Crippen LogP contribution in [0.25, 0.3) is 5.69 Å². The van der Waals surface area contributed by atoms with Crippen LogP contribution in [0.15, 0.2) is 34.8 Å².